The molecule has 1 aliphatic rings. The van der Waals surface area contributed by atoms with Gasteiger partial charge in [0.1, 0.15) is 0 Å². The number of morpholine rings is 1. The lowest BCUT2D eigenvalue weighted by atomic mass is 10.3. The van der Waals surface area contributed by atoms with Crippen molar-refractivity contribution in [2.24, 2.45) is 0 Å². The number of hydrogen-bond donors (Lipinski definition) is 2. The molecule has 0 atom stereocenters. The molecule has 0 bridgehead atoms. The third-order valence-corrected chi connectivity index (χ3v) is 5.77. The van der Waals surface area contributed by atoms with Crippen molar-refractivity contribution in [2.75, 3.05) is 38.2 Å². The molecule has 9 nitrogen and oxygen atoms in total. The van der Waals surface area contributed by atoms with Crippen LogP contribution in [-0.4, -0.2) is 57.4 Å². The van der Waals surface area contributed by atoms with Gasteiger partial charge in [0.05, 0.1) is 30.9 Å². The van der Waals surface area contributed by atoms with E-state index in [0.717, 1.165) is 0 Å². The number of ether oxygens (including phenoxy) is 1. The van der Waals surface area contributed by atoms with Crippen LogP contribution in [-0.2, 0) is 19.6 Å². The van der Waals surface area contributed by atoms with Crippen molar-refractivity contribution >= 4 is 27.5 Å². The van der Waals surface area contributed by atoms with E-state index < -0.39 is 21.8 Å². The first-order chi connectivity index (χ1) is 13.0. The minimum absolute atomic E-state index is 0.0850. The molecule has 2 heterocycles. The molecular formula is C17H19N3O6S. The number of nitrogens with zero attached hydrogens (tertiary/aromatic N) is 1. The summed E-state index contributed by atoms with van der Waals surface area (Å²) in [6, 6.07) is 9.02. The summed E-state index contributed by atoms with van der Waals surface area (Å²) >= 11 is 0. The van der Waals surface area contributed by atoms with Crippen LogP contribution in [0.2, 0.25) is 0 Å². The molecule has 0 saturated carbocycles. The van der Waals surface area contributed by atoms with E-state index in [1.807, 2.05) is 0 Å². The van der Waals surface area contributed by atoms with E-state index in [1.54, 1.807) is 18.2 Å². The Morgan fingerprint density at radius 1 is 1.11 bits per heavy atom. The molecule has 0 unspecified atom stereocenters. The molecule has 0 aliphatic carbocycles. The van der Waals surface area contributed by atoms with Crippen molar-refractivity contribution in [1.29, 1.82) is 0 Å². The monoisotopic (exact) mass is 393 g/mol. The molecule has 27 heavy (non-hydrogen) atoms. The van der Waals surface area contributed by atoms with E-state index in [4.69, 9.17) is 9.15 Å². The van der Waals surface area contributed by atoms with Crippen LogP contribution in [0.4, 0.5) is 5.69 Å². The average molecular weight is 393 g/mol. The van der Waals surface area contributed by atoms with E-state index in [-0.39, 0.29) is 30.3 Å². The molecule has 1 aromatic heterocycles. The molecule has 3 rings (SSSR count). The van der Waals surface area contributed by atoms with Crippen LogP contribution < -0.4 is 10.6 Å². The highest BCUT2D eigenvalue weighted by Crippen LogP contribution is 2.20. The maximum Gasteiger partial charge on any atom is 0.287 e. The summed E-state index contributed by atoms with van der Waals surface area (Å²) in [5.41, 5.74) is 0.321. The lowest BCUT2D eigenvalue weighted by molar-refractivity contribution is -0.115. The Balaban J connectivity index is 1.61. The minimum Gasteiger partial charge on any atom is -0.459 e. The Bertz CT molecular complexity index is 905. The standard InChI is InChI=1S/C17H19N3O6S/c21-16(12-18-17(22)15-5-2-8-26-15)19-13-3-1-4-14(11-13)27(23,24)20-6-9-25-10-7-20/h1-5,8,11H,6-7,9-10,12H2,(H,18,22)(H,19,21). The Labute approximate surface area is 156 Å². The molecule has 1 fully saturated rings. The first kappa shape index (κ1) is 19.1. The van der Waals surface area contributed by atoms with Crippen LogP contribution >= 0.6 is 0 Å². The quantitative estimate of drug-likeness (QED) is 0.745. The summed E-state index contributed by atoms with van der Waals surface area (Å²) in [7, 11) is -3.66. The topological polar surface area (TPSA) is 118 Å². The fourth-order valence-electron chi connectivity index (χ4n) is 2.53. The highest BCUT2D eigenvalue weighted by atomic mass is 32.2. The van der Waals surface area contributed by atoms with Crippen LogP contribution in [0.1, 0.15) is 10.6 Å². The van der Waals surface area contributed by atoms with Crippen LogP contribution in [0.15, 0.2) is 52.0 Å². The van der Waals surface area contributed by atoms with Gasteiger partial charge in [-0.15, -0.1) is 0 Å². The third-order valence-electron chi connectivity index (χ3n) is 3.88. The number of hydrogen-bond acceptors (Lipinski definition) is 6. The second kappa shape index (κ2) is 8.33. The van der Waals surface area contributed by atoms with Gasteiger partial charge >= 0.3 is 0 Å². The molecule has 1 aliphatic heterocycles. The van der Waals surface area contributed by atoms with Gasteiger partial charge in [-0.1, -0.05) is 6.07 Å². The van der Waals surface area contributed by atoms with Crippen LogP contribution in [0, 0.1) is 0 Å². The Morgan fingerprint density at radius 3 is 2.59 bits per heavy atom. The van der Waals surface area contributed by atoms with Crippen molar-refractivity contribution < 1.29 is 27.2 Å². The zero-order valence-corrected chi connectivity index (χ0v) is 15.2. The first-order valence-electron chi connectivity index (χ1n) is 8.26. The summed E-state index contributed by atoms with van der Waals surface area (Å²) in [5.74, 6) is -0.906. The molecule has 1 saturated heterocycles. The largest absolute Gasteiger partial charge is 0.459 e. The SMILES string of the molecule is O=C(CNC(=O)c1ccco1)Nc1cccc(S(=O)(=O)N2CCOCC2)c1. The number of rotatable bonds is 6. The van der Waals surface area contributed by atoms with Gasteiger partial charge in [0.25, 0.3) is 5.91 Å². The lowest BCUT2D eigenvalue weighted by Crippen LogP contribution is -2.40. The number of anilines is 1. The normalized spacial score (nSPS) is 15.3. The highest BCUT2D eigenvalue weighted by Gasteiger charge is 2.26. The smallest absolute Gasteiger partial charge is 0.287 e. The first-order valence-corrected chi connectivity index (χ1v) is 9.70. The highest BCUT2D eigenvalue weighted by molar-refractivity contribution is 7.89. The molecule has 0 radical (unpaired) electrons. The fourth-order valence-corrected chi connectivity index (χ4v) is 3.99. The second-order valence-corrected chi connectivity index (χ2v) is 7.69. The second-order valence-electron chi connectivity index (χ2n) is 5.75. The van der Waals surface area contributed by atoms with Crippen molar-refractivity contribution in [2.45, 2.75) is 4.90 Å². The summed E-state index contributed by atoms with van der Waals surface area (Å²) in [6.07, 6.45) is 1.36. The zero-order valence-electron chi connectivity index (χ0n) is 14.4. The number of carbonyl (C=O) groups is 2. The number of furan rings is 1. The Morgan fingerprint density at radius 2 is 1.89 bits per heavy atom. The maximum absolute atomic E-state index is 12.7. The fraction of sp³-hybridized carbons (Fsp3) is 0.294. The van der Waals surface area contributed by atoms with Gasteiger partial charge in [0.2, 0.25) is 15.9 Å². The van der Waals surface area contributed by atoms with E-state index in [0.29, 0.717) is 18.9 Å². The molecule has 2 amide bonds. The molecule has 2 aromatic rings. The number of amides is 2. The Kier molecular flexibility index (Phi) is 5.89. The molecule has 144 valence electrons. The van der Waals surface area contributed by atoms with Crippen LogP contribution in [0.3, 0.4) is 0 Å². The Hall–Kier alpha value is -2.69. The van der Waals surface area contributed by atoms with E-state index in [1.165, 1.54) is 28.8 Å². The van der Waals surface area contributed by atoms with Gasteiger partial charge in [0, 0.05) is 18.8 Å². The van der Waals surface area contributed by atoms with Gasteiger partial charge in [-0.05, 0) is 30.3 Å². The van der Waals surface area contributed by atoms with Crippen molar-refractivity contribution in [1.82, 2.24) is 9.62 Å². The zero-order chi connectivity index (χ0) is 19.3. The third kappa shape index (κ3) is 4.73. The summed E-state index contributed by atoms with van der Waals surface area (Å²) in [5, 5.41) is 4.98. The summed E-state index contributed by atoms with van der Waals surface area (Å²) < 4.78 is 36.8. The van der Waals surface area contributed by atoms with Crippen molar-refractivity contribution in [3.8, 4) is 0 Å². The number of benzene rings is 1. The average Bonchev–Trinajstić information content (AvgIpc) is 3.22. The molecular weight excluding hydrogens is 374 g/mol. The molecule has 0 spiro atoms. The van der Waals surface area contributed by atoms with Crippen LogP contribution in [0.5, 0.6) is 0 Å². The molecule has 1 aromatic carbocycles. The maximum atomic E-state index is 12.7. The lowest BCUT2D eigenvalue weighted by Gasteiger charge is -2.26. The van der Waals surface area contributed by atoms with Gasteiger partial charge < -0.3 is 19.8 Å². The van der Waals surface area contributed by atoms with E-state index in [9.17, 15) is 18.0 Å². The predicted octanol–water partition coefficient (Wildman–Crippen LogP) is 0.669. The van der Waals surface area contributed by atoms with Gasteiger partial charge in [-0.3, -0.25) is 9.59 Å². The number of carbonyl (C=O) groups excluding carboxylic acids is 2. The van der Waals surface area contributed by atoms with Crippen molar-refractivity contribution in [3.05, 3.63) is 48.4 Å². The summed E-state index contributed by atoms with van der Waals surface area (Å²) in [4.78, 5) is 23.8. The van der Waals surface area contributed by atoms with Gasteiger partial charge in [0.15, 0.2) is 5.76 Å². The van der Waals surface area contributed by atoms with Gasteiger partial charge in [-0.2, -0.15) is 4.31 Å². The van der Waals surface area contributed by atoms with Crippen LogP contribution in [0.25, 0.3) is 0 Å². The predicted molar refractivity (Wildman–Crippen MR) is 95.7 cm³/mol. The van der Waals surface area contributed by atoms with E-state index in [2.05, 4.69) is 10.6 Å². The van der Waals surface area contributed by atoms with E-state index >= 15 is 0 Å². The summed E-state index contributed by atoms with van der Waals surface area (Å²) in [6.45, 7) is 1.01. The minimum atomic E-state index is -3.66. The molecule has 2 N–H and O–H groups in total. The molecule has 10 heteroatoms. The number of nitrogens with one attached hydrogen (secondary N) is 2. The van der Waals surface area contributed by atoms with Crippen molar-refractivity contribution in [3.63, 3.8) is 0 Å². The van der Waals surface area contributed by atoms with Gasteiger partial charge in [-0.25, -0.2) is 8.42 Å². The number of sulfonamides is 1.